The fraction of sp³-hybridized carbons (Fsp3) is 0.326. The number of carbonyl (C=O) groups is 1. The first kappa shape index (κ1) is 41.7. The predicted molar refractivity (Wildman–Crippen MR) is 215 cm³/mol. The van der Waals surface area contributed by atoms with Crippen LogP contribution in [0.5, 0.6) is 0 Å². The molecule has 5 aromatic rings. The van der Waals surface area contributed by atoms with Crippen LogP contribution in [-0.4, -0.2) is 95.1 Å². The van der Waals surface area contributed by atoms with Crippen molar-refractivity contribution in [3.8, 4) is 0 Å². The van der Waals surface area contributed by atoms with Gasteiger partial charge >= 0.3 is 5.97 Å². The molecule has 7 rings (SSSR count). The maximum atomic E-state index is 13.9. The Morgan fingerprint density at radius 1 is 0.569 bits per heavy atom. The number of aliphatic hydroxyl groups excluding tert-OH is 3. The molecule has 0 aliphatic carbocycles. The van der Waals surface area contributed by atoms with Gasteiger partial charge in [0.1, 0.15) is 48.2 Å². The fourth-order valence-corrected chi connectivity index (χ4v) is 7.98. The number of benzene rings is 5. The molecule has 11 nitrogen and oxygen atoms in total. The van der Waals surface area contributed by atoms with Crippen LogP contribution in [0.2, 0.25) is 0 Å². The minimum atomic E-state index is -1.50. The normalized spacial score (nSPS) is 27.2. The Labute approximate surface area is 342 Å². The predicted octanol–water partition coefficient (Wildman–Crippen LogP) is 5.94. The van der Waals surface area contributed by atoms with E-state index in [1.54, 1.807) is 30.3 Å². The van der Waals surface area contributed by atoms with Gasteiger partial charge in [-0.25, -0.2) is 4.79 Å². The SMILES string of the molecule is O=C(O[C@H]1[C@H](O[C@H]2[C@@H](O)[C@@H](CO)O[C@@H](Sc3ccccc3)[C@@H]2O)O[C@H](COCc2ccccc2)[C@H](OCc2ccccc2)[C@@H]1OCc1ccccc1)c1ccccc1. The van der Waals surface area contributed by atoms with E-state index >= 15 is 0 Å². The van der Waals surface area contributed by atoms with Crippen molar-refractivity contribution in [1.29, 1.82) is 0 Å². The van der Waals surface area contributed by atoms with Gasteiger partial charge in [0, 0.05) is 4.90 Å². The molecule has 2 heterocycles. The molecule has 0 spiro atoms. The number of thioether (sulfide) groups is 1. The molecular formula is C46H48O11S. The average molecular weight is 809 g/mol. The number of carbonyl (C=O) groups excluding carboxylic acids is 1. The Hall–Kier alpha value is -4.44. The molecule has 0 radical (unpaired) electrons. The van der Waals surface area contributed by atoms with Crippen LogP contribution >= 0.6 is 11.8 Å². The zero-order chi connectivity index (χ0) is 40.1. The Kier molecular flexibility index (Phi) is 15.1. The van der Waals surface area contributed by atoms with Gasteiger partial charge in [0.2, 0.25) is 0 Å². The first-order chi connectivity index (χ1) is 28.5. The summed E-state index contributed by atoms with van der Waals surface area (Å²) in [6, 6.07) is 46.7. The molecule has 2 aliphatic heterocycles. The van der Waals surface area contributed by atoms with Crippen LogP contribution in [0.4, 0.5) is 0 Å². The molecular weight excluding hydrogens is 761 g/mol. The highest BCUT2D eigenvalue weighted by molar-refractivity contribution is 7.99. The van der Waals surface area contributed by atoms with Crippen LogP contribution in [0.25, 0.3) is 0 Å². The summed E-state index contributed by atoms with van der Waals surface area (Å²) in [5.41, 5.74) is 2.04. The maximum Gasteiger partial charge on any atom is 0.338 e. The van der Waals surface area contributed by atoms with E-state index in [1.165, 1.54) is 11.8 Å². The molecule has 0 saturated carbocycles. The smallest absolute Gasteiger partial charge is 0.338 e. The second-order valence-electron chi connectivity index (χ2n) is 14.0. The number of aliphatic hydroxyl groups is 3. The van der Waals surface area contributed by atoms with Gasteiger partial charge in [0.05, 0.1) is 38.6 Å². The lowest BCUT2D eigenvalue weighted by atomic mass is 9.96. The fourth-order valence-electron chi connectivity index (χ4n) is 6.90. The van der Waals surface area contributed by atoms with E-state index in [0.717, 1.165) is 21.6 Å². The summed E-state index contributed by atoms with van der Waals surface area (Å²) in [5.74, 6) is -0.671. The highest BCUT2D eigenvalue weighted by Gasteiger charge is 2.54. The van der Waals surface area contributed by atoms with Gasteiger partial charge in [-0.15, -0.1) is 0 Å². The van der Waals surface area contributed by atoms with Crippen LogP contribution < -0.4 is 0 Å². The van der Waals surface area contributed by atoms with Gasteiger partial charge in [-0.05, 0) is 41.0 Å². The van der Waals surface area contributed by atoms with Gasteiger partial charge in [-0.3, -0.25) is 0 Å². The van der Waals surface area contributed by atoms with Crippen LogP contribution in [0.15, 0.2) is 157 Å². The minimum Gasteiger partial charge on any atom is -0.450 e. The van der Waals surface area contributed by atoms with Crippen LogP contribution in [0.3, 0.4) is 0 Å². The van der Waals surface area contributed by atoms with Crippen LogP contribution in [0.1, 0.15) is 27.0 Å². The zero-order valence-corrected chi connectivity index (χ0v) is 32.6. The molecule has 0 aromatic heterocycles. The molecule has 2 fully saturated rings. The quantitative estimate of drug-likeness (QED) is 0.0958. The van der Waals surface area contributed by atoms with E-state index in [1.807, 2.05) is 121 Å². The van der Waals surface area contributed by atoms with Gasteiger partial charge < -0.3 is 48.5 Å². The molecule has 0 amide bonds. The standard InChI is InChI=1S/C46H48O11S/c47-26-36-38(48)41(39(49)46(55-36)58-35-24-14-5-15-25-35)57-45-43(56-44(50)34-22-12-4-13-23-34)42(53-29-33-20-10-3-11-21-33)40(52-28-32-18-8-2-9-19-32)37(54-45)30-51-27-31-16-6-1-7-17-31/h1-25,36-43,45-49H,26-30H2/t36-,37-,38+,39-,40+,41+,42+,43-,45+,46+/m1/s1. The van der Waals surface area contributed by atoms with Crippen molar-refractivity contribution in [2.24, 2.45) is 0 Å². The lowest BCUT2D eigenvalue weighted by Crippen LogP contribution is -2.65. The Morgan fingerprint density at radius 2 is 1.09 bits per heavy atom. The number of esters is 1. The van der Waals surface area contributed by atoms with Crippen LogP contribution in [0, 0.1) is 0 Å². The highest BCUT2D eigenvalue weighted by atomic mass is 32.2. The summed E-state index contributed by atoms with van der Waals surface area (Å²) in [6.45, 7) is 0.0298. The third-order valence-corrected chi connectivity index (χ3v) is 11.1. The van der Waals surface area contributed by atoms with Gasteiger partial charge in [0.15, 0.2) is 12.4 Å². The van der Waals surface area contributed by atoms with Crippen molar-refractivity contribution in [3.63, 3.8) is 0 Å². The Morgan fingerprint density at radius 3 is 1.66 bits per heavy atom. The first-order valence-corrected chi connectivity index (χ1v) is 20.2. The van der Waals surface area contributed by atoms with E-state index in [4.69, 9.17) is 33.2 Å². The molecule has 10 atom stereocenters. The lowest BCUT2D eigenvalue weighted by molar-refractivity contribution is -0.347. The summed E-state index contributed by atoms with van der Waals surface area (Å²) in [6.07, 6.45) is -10.9. The third-order valence-electron chi connectivity index (χ3n) is 9.92. The van der Waals surface area contributed by atoms with Gasteiger partial charge in [0.25, 0.3) is 0 Å². The van der Waals surface area contributed by atoms with E-state index in [2.05, 4.69) is 0 Å². The van der Waals surface area contributed by atoms with Crippen molar-refractivity contribution in [1.82, 2.24) is 0 Å². The second kappa shape index (κ2) is 21.0. The molecule has 0 unspecified atom stereocenters. The van der Waals surface area contributed by atoms with E-state index < -0.39 is 73.1 Å². The van der Waals surface area contributed by atoms with Crippen molar-refractivity contribution >= 4 is 17.7 Å². The van der Waals surface area contributed by atoms with E-state index in [-0.39, 0.29) is 32.0 Å². The first-order valence-electron chi connectivity index (χ1n) is 19.3. The number of hydrogen-bond donors (Lipinski definition) is 3. The monoisotopic (exact) mass is 808 g/mol. The van der Waals surface area contributed by atoms with Gasteiger partial charge in [-0.2, -0.15) is 0 Å². The van der Waals surface area contributed by atoms with E-state index in [9.17, 15) is 20.1 Å². The summed E-state index contributed by atoms with van der Waals surface area (Å²) >= 11 is 1.22. The largest absolute Gasteiger partial charge is 0.450 e. The zero-order valence-electron chi connectivity index (χ0n) is 31.8. The molecule has 2 saturated heterocycles. The Balaban J connectivity index is 1.25. The number of hydrogen-bond acceptors (Lipinski definition) is 12. The number of ether oxygens (including phenoxy) is 7. The van der Waals surface area contributed by atoms with Gasteiger partial charge in [-0.1, -0.05) is 139 Å². The third kappa shape index (κ3) is 11.0. The topological polar surface area (TPSA) is 142 Å². The highest BCUT2D eigenvalue weighted by Crippen LogP contribution is 2.38. The molecule has 12 heteroatoms. The maximum absolute atomic E-state index is 13.9. The van der Waals surface area contributed by atoms with Crippen LogP contribution in [-0.2, 0) is 53.0 Å². The second-order valence-corrected chi connectivity index (χ2v) is 15.2. The molecule has 2 aliphatic rings. The molecule has 0 bridgehead atoms. The van der Waals surface area contributed by atoms with Crippen molar-refractivity contribution in [3.05, 3.63) is 174 Å². The average Bonchev–Trinajstić information content (AvgIpc) is 3.27. The molecule has 3 N–H and O–H groups in total. The Bertz CT molecular complexity index is 1940. The molecule has 304 valence electrons. The lowest BCUT2D eigenvalue weighted by Gasteiger charge is -2.48. The van der Waals surface area contributed by atoms with Crippen molar-refractivity contribution in [2.75, 3.05) is 13.2 Å². The summed E-state index contributed by atoms with van der Waals surface area (Å²) < 4.78 is 45.3. The summed E-state index contributed by atoms with van der Waals surface area (Å²) in [5, 5.41) is 33.7. The van der Waals surface area contributed by atoms with Crippen molar-refractivity contribution < 1.29 is 53.3 Å². The van der Waals surface area contributed by atoms with Crippen molar-refractivity contribution in [2.45, 2.75) is 85.3 Å². The molecule has 5 aromatic carbocycles. The van der Waals surface area contributed by atoms with E-state index in [0.29, 0.717) is 0 Å². The minimum absolute atomic E-state index is 0.0173. The summed E-state index contributed by atoms with van der Waals surface area (Å²) in [4.78, 5) is 14.7. The summed E-state index contributed by atoms with van der Waals surface area (Å²) in [7, 11) is 0. The molecule has 58 heavy (non-hydrogen) atoms. The number of rotatable bonds is 17.